The number of aromatic nitrogens is 1. The SMILES string of the molecule is Cc1nc([C@@H]2C[C@]3(C[C@H](C)N2)OCCc2cc(Cl)sc23)oc1C. The van der Waals surface area contributed by atoms with E-state index in [1.807, 2.05) is 13.8 Å². The molecule has 23 heavy (non-hydrogen) atoms. The molecular formula is C17H21ClN2O2S. The van der Waals surface area contributed by atoms with Gasteiger partial charge in [0, 0.05) is 17.3 Å². The Morgan fingerprint density at radius 1 is 1.39 bits per heavy atom. The summed E-state index contributed by atoms with van der Waals surface area (Å²) >= 11 is 7.95. The van der Waals surface area contributed by atoms with Crippen molar-refractivity contribution in [3.05, 3.63) is 38.2 Å². The van der Waals surface area contributed by atoms with Crippen LogP contribution in [-0.2, 0) is 16.8 Å². The highest BCUT2D eigenvalue weighted by Crippen LogP contribution is 2.49. The Bertz CT molecular complexity index is 722. The number of hydrogen-bond donors (Lipinski definition) is 1. The van der Waals surface area contributed by atoms with Crippen molar-refractivity contribution in [2.24, 2.45) is 0 Å². The molecule has 3 atom stereocenters. The summed E-state index contributed by atoms with van der Waals surface area (Å²) < 4.78 is 13.1. The highest BCUT2D eigenvalue weighted by molar-refractivity contribution is 7.16. The second kappa shape index (κ2) is 5.59. The summed E-state index contributed by atoms with van der Waals surface area (Å²) in [7, 11) is 0. The standard InChI is InChI=1S/C17H21ClN2O2S/c1-9-7-17(15-12(4-5-21-17)6-14(18)23-15)8-13(19-9)16-20-10(2)11(3)22-16/h6,9,13,19H,4-5,7-8H2,1-3H3/t9-,13-,17-/m0/s1. The molecule has 4 nitrogen and oxygen atoms in total. The maximum absolute atomic E-state index is 6.35. The molecule has 0 aliphatic carbocycles. The topological polar surface area (TPSA) is 47.3 Å². The van der Waals surface area contributed by atoms with Crippen LogP contribution in [0.25, 0.3) is 0 Å². The Labute approximate surface area is 145 Å². The molecule has 0 unspecified atom stereocenters. The number of ether oxygens (including phenoxy) is 1. The molecule has 0 saturated carbocycles. The summed E-state index contributed by atoms with van der Waals surface area (Å²) in [6.45, 7) is 6.90. The van der Waals surface area contributed by atoms with Crippen LogP contribution >= 0.6 is 22.9 Å². The quantitative estimate of drug-likeness (QED) is 0.831. The molecule has 2 aromatic rings. The van der Waals surface area contributed by atoms with Crippen molar-refractivity contribution in [3.8, 4) is 0 Å². The van der Waals surface area contributed by atoms with Gasteiger partial charge < -0.3 is 14.5 Å². The van der Waals surface area contributed by atoms with Gasteiger partial charge in [0.25, 0.3) is 0 Å². The second-order valence-corrected chi connectivity index (χ2v) is 8.40. The van der Waals surface area contributed by atoms with Gasteiger partial charge in [-0.15, -0.1) is 11.3 Å². The minimum atomic E-state index is -0.267. The van der Waals surface area contributed by atoms with E-state index in [2.05, 4.69) is 23.3 Å². The van der Waals surface area contributed by atoms with Crippen LogP contribution in [0.2, 0.25) is 4.34 Å². The lowest BCUT2D eigenvalue weighted by Crippen LogP contribution is -2.49. The molecular weight excluding hydrogens is 332 g/mol. The van der Waals surface area contributed by atoms with Gasteiger partial charge in [-0.2, -0.15) is 0 Å². The maximum Gasteiger partial charge on any atom is 0.211 e. The lowest BCUT2D eigenvalue weighted by atomic mass is 9.80. The molecule has 4 heterocycles. The van der Waals surface area contributed by atoms with E-state index < -0.39 is 0 Å². The van der Waals surface area contributed by atoms with Gasteiger partial charge in [0.15, 0.2) is 0 Å². The largest absolute Gasteiger partial charge is 0.444 e. The Balaban J connectivity index is 1.72. The molecule has 1 spiro atoms. The zero-order valence-electron chi connectivity index (χ0n) is 13.6. The number of thiophene rings is 1. The third-order valence-corrected chi connectivity index (χ3v) is 6.43. The summed E-state index contributed by atoms with van der Waals surface area (Å²) in [5.41, 5.74) is 2.04. The summed E-state index contributed by atoms with van der Waals surface area (Å²) in [6.07, 6.45) is 2.73. The van der Waals surface area contributed by atoms with Gasteiger partial charge in [-0.25, -0.2) is 4.98 Å². The third-order valence-electron chi connectivity index (χ3n) is 4.94. The molecule has 2 aliphatic rings. The average molecular weight is 353 g/mol. The summed E-state index contributed by atoms with van der Waals surface area (Å²) in [5, 5.41) is 3.62. The fourth-order valence-electron chi connectivity index (χ4n) is 3.87. The average Bonchev–Trinajstić information content (AvgIpc) is 3.02. The zero-order chi connectivity index (χ0) is 16.2. The number of nitrogens with one attached hydrogen (secondary N) is 1. The molecule has 2 aromatic heterocycles. The minimum absolute atomic E-state index is 0.0676. The van der Waals surface area contributed by atoms with Crippen LogP contribution in [0, 0.1) is 13.8 Å². The molecule has 0 bridgehead atoms. The first kappa shape index (κ1) is 15.6. The van der Waals surface area contributed by atoms with Crippen LogP contribution in [0.4, 0.5) is 0 Å². The van der Waals surface area contributed by atoms with E-state index in [1.165, 1.54) is 10.4 Å². The van der Waals surface area contributed by atoms with E-state index in [0.29, 0.717) is 6.04 Å². The van der Waals surface area contributed by atoms with Crippen molar-refractivity contribution in [2.75, 3.05) is 6.61 Å². The van der Waals surface area contributed by atoms with Gasteiger partial charge in [0.2, 0.25) is 5.89 Å². The van der Waals surface area contributed by atoms with Gasteiger partial charge in [0.1, 0.15) is 11.4 Å². The van der Waals surface area contributed by atoms with E-state index in [0.717, 1.165) is 47.6 Å². The molecule has 2 aliphatic heterocycles. The van der Waals surface area contributed by atoms with Crippen molar-refractivity contribution in [1.82, 2.24) is 10.3 Å². The Morgan fingerprint density at radius 3 is 2.96 bits per heavy atom. The van der Waals surface area contributed by atoms with E-state index in [1.54, 1.807) is 11.3 Å². The van der Waals surface area contributed by atoms with Crippen LogP contribution in [0.15, 0.2) is 10.5 Å². The minimum Gasteiger partial charge on any atom is -0.444 e. The number of nitrogens with zero attached hydrogens (tertiary/aromatic N) is 1. The van der Waals surface area contributed by atoms with Crippen LogP contribution in [0.3, 0.4) is 0 Å². The highest BCUT2D eigenvalue weighted by atomic mass is 35.5. The fourth-order valence-corrected chi connectivity index (χ4v) is 5.33. The maximum atomic E-state index is 6.35. The summed E-state index contributed by atoms with van der Waals surface area (Å²) in [6, 6.07) is 2.50. The molecule has 6 heteroatoms. The summed E-state index contributed by atoms with van der Waals surface area (Å²) in [4.78, 5) is 5.90. The lowest BCUT2D eigenvalue weighted by Gasteiger charge is -2.45. The van der Waals surface area contributed by atoms with Crippen LogP contribution < -0.4 is 5.32 Å². The molecule has 0 radical (unpaired) electrons. The van der Waals surface area contributed by atoms with Gasteiger partial charge in [-0.05, 0) is 45.2 Å². The molecule has 1 saturated heterocycles. The molecule has 124 valence electrons. The molecule has 1 fully saturated rings. The molecule has 0 amide bonds. The number of hydrogen-bond acceptors (Lipinski definition) is 5. The predicted octanol–water partition coefficient (Wildman–Crippen LogP) is 4.29. The number of fused-ring (bicyclic) bond motifs is 2. The predicted molar refractivity (Wildman–Crippen MR) is 91.2 cm³/mol. The normalized spacial score (nSPS) is 30.6. The number of halogens is 1. The fraction of sp³-hybridized carbons (Fsp3) is 0.588. The third kappa shape index (κ3) is 2.64. The van der Waals surface area contributed by atoms with Crippen molar-refractivity contribution >= 4 is 22.9 Å². The Kier molecular flexibility index (Phi) is 3.80. The van der Waals surface area contributed by atoms with Gasteiger partial charge in [-0.3, -0.25) is 0 Å². The second-order valence-electron chi connectivity index (χ2n) is 6.72. The van der Waals surface area contributed by atoms with Gasteiger partial charge in [0.05, 0.1) is 22.7 Å². The van der Waals surface area contributed by atoms with Crippen molar-refractivity contribution in [3.63, 3.8) is 0 Å². The van der Waals surface area contributed by atoms with Crippen molar-refractivity contribution < 1.29 is 9.15 Å². The monoisotopic (exact) mass is 352 g/mol. The number of rotatable bonds is 1. The van der Waals surface area contributed by atoms with E-state index in [-0.39, 0.29) is 11.6 Å². The van der Waals surface area contributed by atoms with Gasteiger partial charge >= 0.3 is 0 Å². The first-order valence-electron chi connectivity index (χ1n) is 8.09. The number of aryl methyl sites for hydroxylation is 2. The van der Waals surface area contributed by atoms with Crippen LogP contribution in [0.1, 0.15) is 53.6 Å². The Hall–Kier alpha value is -0.880. The van der Waals surface area contributed by atoms with Crippen molar-refractivity contribution in [1.29, 1.82) is 0 Å². The van der Waals surface area contributed by atoms with E-state index in [4.69, 9.17) is 20.8 Å². The molecule has 0 aromatic carbocycles. The first-order valence-corrected chi connectivity index (χ1v) is 9.29. The van der Waals surface area contributed by atoms with Crippen LogP contribution in [0.5, 0.6) is 0 Å². The van der Waals surface area contributed by atoms with E-state index >= 15 is 0 Å². The van der Waals surface area contributed by atoms with Crippen molar-refractivity contribution in [2.45, 2.75) is 57.7 Å². The van der Waals surface area contributed by atoms with Crippen LogP contribution in [-0.4, -0.2) is 17.6 Å². The zero-order valence-corrected chi connectivity index (χ0v) is 15.2. The number of piperidine rings is 1. The lowest BCUT2D eigenvalue weighted by molar-refractivity contribution is -0.0974. The molecule has 1 N–H and O–H groups in total. The number of oxazole rings is 1. The highest BCUT2D eigenvalue weighted by Gasteiger charge is 2.47. The van der Waals surface area contributed by atoms with Gasteiger partial charge in [-0.1, -0.05) is 11.6 Å². The van der Waals surface area contributed by atoms with E-state index in [9.17, 15) is 0 Å². The smallest absolute Gasteiger partial charge is 0.211 e. The molecule has 4 rings (SSSR count). The Morgan fingerprint density at radius 2 is 2.22 bits per heavy atom. The first-order chi connectivity index (χ1) is 11.0. The summed E-state index contributed by atoms with van der Waals surface area (Å²) in [5.74, 6) is 1.66.